The number of nitrogens with zero attached hydrogens (tertiary/aromatic N) is 3. The first-order valence-electron chi connectivity index (χ1n) is 6.51. The van der Waals surface area contributed by atoms with Crippen molar-refractivity contribution in [1.82, 2.24) is 15.0 Å². The van der Waals surface area contributed by atoms with Crippen LogP contribution in [0.3, 0.4) is 0 Å². The molecule has 110 valence electrons. The van der Waals surface area contributed by atoms with Crippen LogP contribution in [-0.2, 0) is 0 Å². The molecule has 0 aliphatic heterocycles. The second-order valence-corrected chi connectivity index (χ2v) is 4.54. The summed E-state index contributed by atoms with van der Waals surface area (Å²) in [6.45, 7) is 0. The summed E-state index contributed by atoms with van der Waals surface area (Å²) in [5.41, 5.74) is 18.3. The van der Waals surface area contributed by atoms with E-state index in [2.05, 4.69) is 15.0 Å². The summed E-state index contributed by atoms with van der Waals surface area (Å²) in [5.74, 6) is 1.83. The molecule has 0 aliphatic carbocycles. The third kappa shape index (κ3) is 2.88. The van der Waals surface area contributed by atoms with Crippen LogP contribution in [0.2, 0.25) is 0 Å². The maximum atomic E-state index is 5.84. The van der Waals surface area contributed by atoms with Gasteiger partial charge in [0.1, 0.15) is 11.5 Å². The number of para-hydroxylation sites is 2. The van der Waals surface area contributed by atoms with Crippen molar-refractivity contribution in [2.75, 3.05) is 17.2 Å². The molecule has 1 aromatic heterocycles. The lowest BCUT2D eigenvalue weighted by Crippen LogP contribution is -2.04. The first kappa shape index (κ1) is 13.6. The first-order valence-corrected chi connectivity index (χ1v) is 6.51. The highest BCUT2D eigenvalue weighted by Gasteiger charge is 2.06. The zero-order valence-electron chi connectivity index (χ0n) is 11.6. The van der Waals surface area contributed by atoms with Gasteiger partial charge in [-0.1, -0.05) is 12.1 Å². The van der Waals surface area contributed by atoms with Crippen molar-refractivity contribution in [1.29, 1.82) is 0 Å². The van der Waals surface area contributed by atoms with E-state index in [0.29, 0.717) is 23.0 Å². The number of ether oxygens (including phenoxy) is 1. The predicted molar refractivity (Wildman–Crippen MR) is 85.0 cm³/mol. The number of nitrogen functional groups attached to an aromatic ring is 3. The van der Waals surface area contributed by atoms with Crippen molar-refractivity contribution >= 4 is 17.6 Å². The highest BCUT2D eigenvalue weighted by atomic mass is 16.5. The van der Waals surface area contributed by atoms with E-state index in [1.165, 1.54) is 0 Å². The minimum atomic E-state index is 0.0832. The maximum Gasteiger partial charge on any atom is 0.225 e. The highest BCUT2D eigenvalue weighted by molar-refractivity contribution is 5.59. The Morgan fingerprint density at radius 2 is 1.36 bits per heavy atom. The molecular weight excluding hydrogens is 280 g/mol. The van der Waals surface area contributed by atoms with E-state index >= 15 is 0 Å². The molecule has 0 aliphatic rings. The third-order valence-corrected chi connectivity index (χ3v) is 2.93. The average Bonchev–Trinajstić information content (AvgIpc) is 2.49. The van der Waals surface area contributed by atoms with Gasteiger partial charge in [-0.25, -0.2) is 0 Å². The monoisotopic (exact) mass is 294 g/mol. The minimum absolute atomic E-state index is 0.0832. The minimum Gasteiger partial charge on any atom is -0.455 e. The van der Waals surface area contributed by atoms with Crippen LogP contribution in [-0.4, -0.2) is 15.0 Å². The van der Waals surface area contributed by atoms with E-state index in [0.717, 1.165) is 5.56 Å². The van der Waals surface area contributed by atoms with Crippen LogP contribution in [0.5, 0.6) is 11.5 Å². The molecule has 6 N–H and O–H groups in total. The summed E-state index contributed by atoms with van der Waals surface area (Å²) in [6.07, 6.45) is 0. The van der Waals surface area contributed by atoms with Crippen LogP contribution >= 0.6 is 0 Å². The Balaban J connectivity index is 1.85. The third-order valence-electron chi connectivity index (χ3n) is 2.93. The zero-order valence-corrected chi connectivity index (χ0v) is 11.6. The van der Waals surface area contributed by atoms with Gasteiger partial charge in [-0.15, -0.1) is 0 Å². The second-order valence-electron chi connectivity index (χ2n) is 4.54. The van der Waals surface area contributed by atoms with E-state index in [-0.39, 0.29) is 11.9 Å². The molecule has 0 fully saturated rings. The first-order chi connectivity index (χ1) is 10.6. The van der Waals surface area contributed by atoms with Gasteiger partial charge in [0.25, 0.3) is 0 Å². The molecule has 0 radical (unpaired) electrons. The van der Waals surface area contributed by atoms with Crippen LogP contribution in [0.25, 0.3) is 11.4 Å². The number of anilines is 3. The fourth-order valence-electron chi connectivity index (χ4n) is 1.91. The van der Waals surface area contributed by atoms with Crippen molar-refractivity contribution in [2.24, 2.45) is 0 Å². The van der Waals surface area contributed by atoms with Gasteiger partial charge in [0.15, 0.2) is 5.82 Å². The SMILES string of the molecule is Nc1nc(N)nc(-c2ccc(Oc3ccccc3N)cc2)n1. The number of benzene rings is 2. The number of rotatable bonds is 3. The summed E-state index contributed by atoms with van der Waals surface area (Å²) < 4.78 is 5.72. The molecule has 0 unspecified atom stereocenters. The highest BCUT2D eigenvalue weighted by Crippen LogP contribution is 2.28. The van der Waals surface area contributed by atoms with Crippen molar-refractivity contribution in [3.63, 3.8) is 0 Å². The molecule has 7 heteroatoms. The van der Waals surface area contributed by atoms with Gasteiger partial charge in [-0.3, -0.25) is 0 Å². The fourth-order valence-corrected chi connectivity index (χ4v) is 1.91. The molecule has 3 rings (SSSR count). The number of aromatic nitrogens is 3. The summed E-state index contributed by atoms with van der Waals surface area (Å²) in [4.78, 5) is 11.8. The predicted octanol–water partition coefficient (Wildman–Crippen LogP) is 2.08. The topological polar surface area (TPSA) is 126 Å². The van der Waals surface area contributed by atoms with Crippen molar-refractivity contribution in [3.05, 3.63) is 48.5 Å². The Hall–Kier alpha value is -3.35. The lowest BCUT2D eigenvalue weighted by atomic mass is 10.2. The quantitative estimate of drug-likeness (QED) is 0.631. The molecule has 3 aromatic rings. The van der Waals surface area contributed by atoms with E-state index in [9.17, 15) is 0 Å². The maximum absolute atomic E-state index is 5.84. The molecule has 0 saturated heterocycles. The van der Waals surface area contributed by atoms with Crippen LogP contribution in [0.1, 0.15) is 0 Å². The van der Waals surface area contributed by atoms with E-state index in [4.69, 9.17) is 21.9 Å². The van der Waals surface area contributed by atoms with Gasteiger partial charge < -0.3 is 21.9 Å². The number of nitrogens with two attached hydrogens (primary N) is 3. The zero-order chi connectivity index (χ0) is 15.5. The van der Waals surface area contributed by atoms with E-state index in [1.807, 2.05) is 24.3 Å². The van der Waals surface area contributed by atoms with Crippen LogP contribution in [0.15, 0.2) is 48.5 Å². The van der Waals surface area contributed by atoms with Gasteiger partial charge in [0.2, 0.25) is 11.9 Å². The molecule has 1 heterocycles. The Kier molecular flexibility index (Phi) is 3.45. The van der Waals surface area contributed by atoms with Crippen molar-refractivity contribution in [3.8, 4) is 22.9 Å². The van der Waals surface area contributed by atoms with E-state index < -0.39 is 0 Å². The Bertz CT molecular complexity index is 783. The van der Waals surface area contributed by atoms with Gasteiger partial charge in [0.05, 0.1) is 5.69 Å². The molecule has 0 spiro atoms. The van der Waals surface area contributed by atoms with Crippen molar-refractivity contribution < 1.29 is 4.74 Å². The Morgan fingerprint density at radius 1 is 0.727 bits per heavy atom. The van der Waals surface area contributed by atoms with Gasteiger partial charge in [-0.05, 0) is 36.4 Å². The molecular formula is C15H14N6O. The molecule has 0 amide bonds. The molecule has 0 atom stereocenters. The van der Waals surface area contributed by atoms with Crippen LogP contribution < -0.4 is 21.9 Å². The molecule has 7 nitrogen and oxygen atoms in total. The molecule has 2 aromatic carbocycles. The lowest BCUT2D eigenvalue weighted by Gasteiger charge is -2.08. The normalized spacial score (nSPS) is 10.4. The smallest absolute Gasteiger partial charge is 0.225 e. The van der Waals surface area contributed by atoms with Crippen LogP contribution in [0, 0.1) is 0 Å². The molecule has 0 bridgehead atoms. The second kappa shape index (κ2) is 5.57. The van der Waals surface area contributed by atoms with Gasteiger partial charge in [-0.2, -0.15) is 15.0 Å². The molecule has 0 saturated carbocycles. The van der Waals surface area contributed by atoms with Gasteiger partial charge >= 0.3 is 0 Å². The summed E-state index contributed by atoms with van der Waals surface area (Å²) >= 11 is 0. The average molecular weight is 294 g/mol. The largest absolute Gasteiger partial charge is 0.455 e. The summed E-state index contributed by atoms with van der Waals surface area (Å²) in [6, 6.07) is 14.5. The number of hydrogen-bond donors (Lipinski definition) is 3. The van der Waals surface area contributed by atoms with Gasteiger partial charge in [0, 0.05) is 5.56 Å². The molecule has 22 heavy (non-hydrogen) atoms. The standard InChI is InChI=1S/C15H14N6O/c16-11-3-1-2-4-12(11)22-10-7-5-9(6-8-10)13-19-14(17)21-15(18)20-13/h1-8H,16H2,(H4,17,18,19,20,21). The van der Waals surface area contributed by atoms with E-state index in [1.54, 1.807) is 24.3 Å². The number of hydrogen-bond acceptors (Lipinski definition) is 7. The fraction of sp³-hybridized carbons (Fsp3) is 0. The summed E-state index contributed by atoms with van der Waals surface area (Å²) in [7, 11) is 0. The lowest BCUT2D eigenvalue weighted by molar-refractivity contribution is 0.485. The Labute approximate surface area is 126 Å². The Morgan fingerprint density at radius 3 is 2.00 bits per heavy atom. The van der Waals surface area contributed by atoms with Crippen molar-refractivity contribution in [2.45, 2.75) is 0 Å². The summed E-state index contributed by atoms with van der Waals surface area (Å²) in [5, 5.41) is 0. The van der Waals surface area contributed by atoms with Crippen LogP contribution in [0.4, 0.5) is 17.6 Å².